The number of nitrogens with two attached hydrogens (primary N) is 1. The highest BCUT2D eigenvalue weighted by atomic mass is 15.1. The second kappa shape index (κ2) is 7.24. The molecule has 0 aliphatic carbocycles. The maximum absolute atomic E-state index is 6.32. The smallest absolute Gasteiger partial charge is 0.0278 e. The predicted octanol–water partition coefficient (Wildman–Crippen LogP) is 2.63. The first-order valence-electron chi connectivity index (χ1n) is 6.13. The second-order valence-corrected chi connectivity index (χ2v) is 4.35. The van der Waals surface area contributed by atoms with Gasteiger partial charge in [-0.25, -0.2) is 0 Å². The zero-order valence-corrected chi connectivity index (χ0v) is 10.5. The van der Waals surface area contributed by atoms with Gasteiger partial charge in [-0.1, -0.05) is 27.7 Å². The molecule has 0 aromatic rings. The summed E-state index contributed by atoms with van der Waals surface area (Å²) in [5.41, 5.74) is 6.35. The van der Waals surface area contributed by atoms with Crippen molar-refractivity contribution in [3.8, 4) is 0 Å². The first-order valence-corrected chi connectivity index (χ1v) is 6.13. The molecule has 0 saturated heterocycles. The highest BCUT2D eigenvalue weighted by Gasteiger charge is 2.22. The van der Waals surface area contributed by atoms with E-state index in [-0.39, 0.29) is 5.54 Å². The van der Waals surface area contributed by atoms with Gasteiger partial charge in [0, 0.05) is 12.1 Å². The Labute approximate surface area is 89.9 Å². The van der Waals surface area contributed by atoms with Gasteiger partial charge in [0.05, 0.1) is 0 Å². The van der Waals surface area contributed by atoms with Crippen molar-refractivity contribution in [3.63, 3.8) is 0 Å². The van der Waals surface area contributed by atoms with Gasteiger partial charge in [0.1, 0.15) is 0 Å². The molecule has 86 valence electrons. The Morgan fingerprint density at radius 2 is 1.36 bits per heavy atom. The molecule has 0 saturated carbocycles. The average molecular weight is 200 g/mol. The minimum absolute atomic E-state index is 0.0321. The summed E-state index contributed by atoms with van der Waals surface area (Å²) >= 11 is 0. The molecule has 0 spiro atoms. The Hall–Kier alpha value is -0.0800. The van der Waals surface area contributed by atoms with E-state index in [4.69, 9.17) is 5.73 Å². The quantitative estimate of drug-likeness (QED) is 0.652. The summed E-state index contributed by atoms with van der Waals surface area (Å²) < 4.78 is 0. The van der Waals surface area contributed by atoms with Crippen molar-refractivity contribution < 1.29 is 0 Å². The van der Waals surface area contributed by atoms with Crippen LogP contribution in [0.25, 0.3) is 0 Å². The molecule has 2 N–H and O–H groups in total. The van der Waals surface area contributed by atoms with Gasteiger partial charge in [0.15, 0.2) is 0 Å². The van der Waals surface area contributed by atoms with Gasteiger partial charge in [-0.2, -0.15) is 0 Å². The average Bonchev–Trinajstić information content (AvgIpc) is 2.18. The lowest BCUT2D eigenvalue weighted by atomic mass is 9.93. The topological polar surface area (TPSA) is 29.3 Å². The van der Waals surface area contributed by atoms with E-state index in [1.54, 1.807) is 0 Å². The molecule has 0 amide bonds. The second-order valence-electron chi connectivity index (χ2n) is 4.35. The van der Waals surface area contributed by atoms with Crippen LogP contribution in [0, 0.1) is 0 Å². The minimum atomic E-state index is 0.0321. The third-order valence-electron chi connectivity index (χ3n) is 3.03. The van der Waals surface area contributed by atoms with Crippen LogP contribution in [-0.4, -0.2) is 30.1 Å². The van der Waals surface area contributed by atoms with Gasteiger partial charge in [-0.3, -0.25) is 0 Å². The lowest BCUT2D eigenvalue weighted by Gasteiger charge is -2.33. The zero-order valence-electron chi connectivity index (χ0n) is 10.5. The maximum Gasteiger partial charge on any atom is 0.0278 e. The van der Waals surface area contributed by atoms with E-state index >= 15 is 0 Å². The number of hydrogen-bond acceptors (Lipinski definition) is 2. The third kappa shape index (κ3) is 4.97. The number of nitrogens with zero attached hydrogens (tertiary/aromatic N) is 1. The summed E-state index contributed by atoms with van der Waals surface area (Å²) in [7, 11) is 0. The van der Waals surface area contributed by atoms with Crippen LogP contribution in [0.2, 0.25) is 0 Å². The zero-order chi connectivity index (χ0) is 11.0. The molecule has 0 aromatic heterocycles. The van der Waals surface area contributed by atoms with Gasteiger partial charge in [0.2, 0.25) is 0 Å². The Morgan fingerprint density at radius 3 is 1.64 bits per heavy atom. The standard InChI is InChI=1S/C12H28N2/c1-5-9-14(10-6-2)11-12(13,7-3)8-4/h5-11,13H2,1-4H3. The van der Waals surface area contributed by atoms with E-state index in [0.29, 0.717) is 0 Å². The van der Waals surface area contributed by atoms with Crippen LogP contribution in [0.5, 0.6) is 0 Å². The summed E-state index contributed by atoms with van der Waals surface area (Å²) in [5.74, 6) is 0. The van der Waals surface area contributed by atoms with Crippen molar-refractivity contribution >= 4 is 0 Å². The van der Waals surface area contributed by atoms with E-state index in [1.807, 2.05) is 0 Å². The van der Waals surface area contributed by atoms with Crippen LogP contribution in [0.3, 0.4) is 0 Å². The summed E-state index contributed by atoms with van der Waals surface area (Å²) in [6.07, 6.45) is 4.61. The van der Waals surface area contributed by atoms with Gasteiger partial charge < -0.3 is 10.6 Å². The predicted molar refractivity (Wildman–Crippen MR) is 64.5 cm³/mol. The Balaban J connectivity index is 4.10. The molecule has 0 rings (SSSR count). The van der Waals surface area contributed by atoms with Crippen molar-refractivity contribution in [1.29, 1.82) is 0 Å². The molecule has 14 heavy (non-hydrogen) atoms. The Morgan fingerprint density at radius 1 is 0.929 bits per heavy atom. The van der Waals surface area contributed by atoms with Crippen LogP contribution in [0.4, 0.5) is 0 Å². The lowest BCUT2D eigenvalue weighted by molar-refractivity contribution is 0.199. The van der Waals surface area contributed by atoms with E-state index in [0.717, 1.165) is 19.4 Å². The number of hydrogen-bond donors (Lipinski definition) is 1. The Bertz CT molecular complexity index is 124. The molecule has 0 bridgehead atoms. The van der Waals surface area contributed by atoms with Crippen LogP contribution in [0.15, 0.2) is 0 Å². The van der Waals surface area contributed by atoms with E-state index < -0.39 is 0 Å². The van der Waals surface area contributed by atoms with E-state index in [2.05, 4.69) is 32.6 Å². The van der Waals surface area contributed by atoms with Crippen molar-refractivity contribution in [2.45, 2.75) is 58.9 Å². The van der Waals surface area contributed by atoms with E-state index in [9.17, 15) is 0 Å². The highest BCUT2D eigenvalue weighted by molar-refractivity contribution is 4.84. The monoisotopic (exact) mass is 200 g/mol. The molecule has 0 aliphatic rings. The minimum Gasteiger partial charge on any atom is -0.324 e. The summed E-state index contributed by atoms with van der Waals surface area (Å²) in [5, 5.41) is 0. The first-order chi connectivity index (χ1) is 6.61. The van der Waals surface area contributed by atoms with E-state index in [1.165, 1.54) is 25.9 Å². The number of rotatable bonds is 8. The molecule has 0 radical (unpaired) electrons. The summed E-state index contributed by atoms with van der Waals surface area (Å²) in [4.78, 5) is 2.51. The van der Waals surface area contributed by atoms with Crippen molar-refractivity contribution in [2.24, 2.45) is 5.73 Å². The maximum atomic E-state index is 6.32. The fourth-order valence-corrected chi connectivity index (χ4v) is 1.82. The largest absolute Gasteiger partial charge is 0.324 e. The van der Waals surface area contributed by atoms with Crippen LogP contribution >= 0.6 is 0 Å². The summed E-state index contributed by atoms with van der Waals surface area (Å²) in [6.45, 7) is 12.3. The van der Waals surface area contributed by atoms with Crippen LogP contribution in [0.1, 0.15) is 53.4 Å². The SMILES string of the molecule is CCCN(CCC)CC(N)(CC)CC. The molecule has 0 unspecified atom stereocenters. The molecule has 2 nitrogen and oxygen atoms in total. The molecule has 0 atom stereocenters. The highest BCUT2D eigenvalue weighted by Crippen LogP contribution is 2.13. The fraction of sp³-hybridized carbons (Fsp3) is 1.00. The normalized spacial score (nSPS) is 12.4. The van der Waals surface area contributed by atoms with Crippen molar-refractivity contribution in [2.75, 3.05) is 19.6 Å². The van der Waals surface area contributed by atoms with Gasteiger partial charge in [0.25, 0.3) is 0 Å². The fourth-order valence-electron chi connectivity index (χ4n) is 1.82. The lowest BCUT2D eigenvalue weighted by Crippen LogP contribution is -2.49. The first kappa shape index (κ1) is 13.9. The molecule has 0 aliphatic heterocycles. The molecular weight excluding hydrogens is 172 g/mol. The Kier molecular flexibility index (Phi) is 7.20. The molecule has 0 fully saturated rings. The van der Waals surface area contributed by atoms with Gasteiger partial charge in [-0.05, 0) is 38.8 Å². The van der Waals surface area contributed by atoms with Crippen molar-refractivity contribution in [1.82, 2.24) is 4.90 Å². The van der Waals surface area contributed by atoms with Gasteiger partial charge >= 0.3 is 0 Å². The molecule has 0 heterocycles. The molecule has 0 aromatic carbocycles. The summed E-state index contributed by atoms with van der Waals surface area (Å²) in [6, 6.07) is 0. The van der Waals surface area contributed by atoms with Crippen molar-refractivity contribution in [3.05, 3.63) is 0 Å². The third-order valence-corrected chi connectivity index (χ3v) is 3.03. The van der Waals surface area contributed by atoms with Crippen LogP contribution in [-0.2, 0) is 0 Å². The molecule has 2 heteroatoms. The molecular formula is C12H28N2. The van der Waals surface area contributed by atoms with Crippen LogP contribution < -0.4 is 5.73 Å². The van der Waals surface area contributed by atoms with Gasteiger partial charge in [-0.15, -0.1) is 0 Å².